The highest BCUT2D eigenvalue weighted by atomic mass is 35.5. The summed E-state index contributed by atoms with van der Waals surface area (Å²) in [7, 11) is 1.56. The van der Waals surface area contributed by atoms with Crippen molar-refractivity contribution in [3.63, 3.8) is 0 Å². The molecular formula is C20H17ClN2O4S. The topological polar surface area (TPSA) is 76.5 Å². The first-order valence-corrected chi connectivity index (χ1v) is 9.06. The minimum atomic E-state index is -0.499. The summed E-state index contributed by atoms with van der Waals surface area (Å²) >= 11 is 11.1. The molecule has 1 aromatic heterocycles. The Morgan fingerprint density at radius 1 is 1.18 bits per heavy atom. The van der Waals surface area contributed by atoms with Gasteiger partial charge in [-0.2, -0.15) is 0 Å². The first-order valence-electron chi connectivity index (χ1n) is 8.28. The van der Waals surface area contributed by atoms with E-state index in [0.717, 1.165) is 0 Å². The number of nitrogens with one attached hydrogen (secondary N) is 1. The smallest absolute Gasteiger partial charge is 0.262 e. The molecule has 0 aliphatic rings. The van der Waals surface area contributed by atoms with Crippen LogP contribution in [0.4, 0.5) is 0 Å². The van der Waals surface area contributed by atoms with Crippen LogP contribution in [0.2, 0.25) is 5.02 Å². The molecule has 0 saturated heterocycles. The molecule has 2 N–H and O–H groups in total. The van der Waals surface area contributed by atoms with Gasteiger partial charge in [0.1, 0.15) is 12.2 Å². The Balaban J connectivity index is 1.87. The van der Waals surface area contributed by atoms with E-state index in [0.29, 0.717) is 22.2 Å². The zero-order valence-corrected chi connectivity index (χ0v) is 16.5. The SMILES string of the molecule is COc1ccccc1OCC=Cc1c(O)n(-c2ccc(Cl)cc2)c(=S)[nH]c1=O. The minimum absolute atomic E-state index is 0.0622. The Hall–Kier alpha value is -3.03. The second kappa shape index (κ2) is 8.77. The number of hydrogen-bond acceptors (Lipinski definition) is 5. The lowest BCUT2D eigenvalue weighted by Gasteiger charge is -2.11. The molecule has 0 radical (unpaired) electrons. The van der Waals surface area contributed by atoms with Gasteiger partial charge in [-0.25, -0.2) is 0 Å². The highest BCUT2D eigenvalue weighted by Gasteiger charge is 2.12. The van der Waals surface area contributed by atoms with Gasteiger partial charge in [0.05, 0.1) is 12.8 Å². The van der Waals surface area contributed by atoms with Crippen LogP contribution >= 0.6 is 23.8 Å². The van der Waals surface area contributed by atoms with Gasteiger partial charge in [-0.3, -0.25) is 14.3 Å². The van der Waals surface area contributed by atoms with Gasteiger partial charge >= 0.3 is 0 Å². The molecule has 3 aromatic rings. The number of halogens is 1. The van der Waals surface area contributed by atoms with Crippen LogP contribution in [0.15, 0.2) is 59.4 Å². The van der Waals surface area contributed by atoms with Gasteiger partial charge in [-0.15, -0.1) is 0 Å². The van der Waals surface area contributed by atoms with Gasteiger partial charge in [0, 0.05) is 5.02 Å². The molecule has 6 nitrogen and oxygen atoms in total. The van der Waals surface area contributed by atoms with Crippen molar-refractivity contribution in [3.8, 4) is 23.1 Å². The minimum Gasteiger partial charge on any atom is -0.494 e. The average molecular weight is 417 g/mol. The van der Waals surface area contributed by atoms with E-state index >= 15 is 0 Å². The van der Waals surface area contributed by atoms with Gasteiger partial charge in [0.15, 0.2) is 16.3 Å². The lowest BCUT2D eigenvalue weighted by Crippen LogP contribution is -2.16. The van der Waals surface area contributed by atoms with Crippen LogP contribution in [0.5, 0.6) is 17.4 Å². The van der Waals surface area contributed by atoms with Gasteiger partial charge in [-0.05, 0) is 60.8 Å². The first-order chi connectivity index (χ1) is 13.5. The molecule has 0 saturated carbocycles. The van der Waals surface area contributed by atoms with Crippen molar-refractivity contribution in [1.29, 1.82) is 0 Å². The molecular weight excluding hydrogens is 400 g/mol. The Bertz CT molecular complexity index is 1120. The molecule has 0 amide bonds. The van der Waals surface area contributed by atoms with E-state index in [1.807, 2.05) is 12.1 Å². The van der Waals surface area contributed by atoms with Crippen molar-refractivity contribution in [2.45, 2.75) is 0 Å². The van der Waals surface area contributed by atoms with Crippen molar-refractivity contribution in [3.05, 3.63) is 80.3 Å². The molecule has 144 valence electrons. The third kappa shape index (κ3) is 4.27. The Morgan fingerprint density at radius 3 is 2.54 bits per heavy atom. The number of nitrogens with zero attached hydrogens (tertiary/aromatic N) is 1. The summed E-state index contributed by atoms with van der Waals surface area (Å²) in [4.78, 5) is 14.8. The molecule has 0 bridgehead atoms. The third-order valence-electron chi connectivity index (χ3n) is 3.89. The zero-order valence-electron chi connectivity index (χ0n) is 14.9. The largest absolute Gasteiger partial charge is 0.494 e. The van der Waals surface area contributed by atoms with Crippen molar-refractivity contribution >= 4 is 29.9 Å². The molecule has 8 heteroatoms. The van der Waals surface area contributed by atoms with Crippen LogP contribution in [-0.2, 0) is 0 Å². The van der Waals surface area contributed by atoms with Crippen LogP contribution in [0.25, 0.3) is 11.8 Å². The first kappa shape index (κ1) is 19.7. The van der Waals surface area contributed by atoms with Crippen LogP contribution in [0.1, 0.15) is 5.56 Å². The van der Waals surface area contributed by atoms with Crippen molar-refractivity contribution in [2.24, 2.45) is 0 Å². The molecule has 3 rings (SSSR count). The van der Waals surface area contributed by atoms with Crippen LogP contribution in [-0.4, -0.2) is 28.4 Å². The van der Waals surface area contributed by atoms with E-state index in [-0.39, 0.29) is 22.8 Å². The molecule has 0 fully saturated rings. The molecule has 0 spiro atoms. The fourth-order valence-corrected chi connectivity index (χ4v) is 2.97. The summed E-state index contributed by atoms with van der Waals surface area (Å²) in [6, 6.07) is 13.9. The quantitative estimate of drug-likeness (QED) is 0.584. The van der Waals surface area contributed by atoms with E-state index in [4.69, 9.17) is 33.3 Å². The second-order valence-electron chi connectivity index (χ2n) is 5.67. The fraction of sp³-hybridized carbons (Fsp3) is 0.100. The summed E-state index contributed by atoms with van der Waals surface area (Å²) in [5.74, 6) is 0.905. The zero-order chi connectivity index (χ0) is 20.1. The summed E-state index contributed by atoms with van der Waals surface area (Å²) in [5.41, 5.74) is 0.136. The normalized spacial score (nSPS) is 10.9. The monoisotopic (exact) mass is 416 g/mol. The van der Waals surface area contributed by atoms with Crippen molar-refractivity contribution in [2.75, 3.05) is 13.7 Å². The maximum absolute atomic E-state index is 12.2. The predicted molar refractivity (Wildman–Crippen MR) is 111 cm³/mol. The molecule has 28 heavy (non-hydrogen) atoms. The molecule has 1 heterocycles. The highest BCUT2D eigenvalue weighted by molar-refractivity contribution is 7.71. The maximum atomic E-state index is 12.2. The molecule has 0 aliphatic carbocycles. The summed E-state index contributed by atoms with van der Waals surface area (Å²) in [5, 5.41) is 11.2. The van der Waals surface area contributed by atoms with Crippen LogP contribution < -0.4 is 15.0 Å². The Morgan fingerprint density at radius 2 is 1.86 bits per heavy atom. The average Bonchev–Trinajstić information content (AvgIpc) is 2.68. The van der Waals surface area contributed by atoms with Gasteiger partial charge in [0.2, 0.25) is 5.88 Å². The number of methoxy groups -OCH3 is 1. The van der Waals surface area contributed by atoms with E-state index in [1.165, 1.54) is 10.6 Å². The lowest BCUT2D eigenvalue weighted by atomic mass is 10.2. The molecule has 0 aliphatic heterocycles. The number of aromatic amines is 1. The number of aromatic nitrogens is 2. The van der Waals surface area contributed by atoms with E-state index in [1.54, 1.807) is 49.6 Å². The Labute approximate surface area is 171 Å². The molecule has 0 unspecified atom stereocenters. The van der Waals surface area contributed by atoms with Crippen molar-refractivity contribution < 1.29 is 14.6 Å². The number of aromatic hydroxyl groups is 1. The maximum Gasteiger partial charge on any atom is 0.262 e. The number of hydrogen-bond donors (Lipinski definition) is 2. The van der Waals surface area contributed by atoms with E-state index in [9.17, 15) is 9.90 Å². The van der Waals surface area contributed by atoms with Crippen LogP contribution in [0, 0.1) is 4.77 Å². The van der Waals surface area contributed by atoms with Crippen LogP contribution in [0.3, 0.4) is 0 Å². The Kier molecular flexibility index (Phi) is 6.18. The number of benzene rings is 2. The predicted octanol–water partition coefficient (Wildman–Crippen LogP) is 4.35. The number of para-hydroxylation sites is 2. The summed E-state index contributed by atoms with van der Waals surface area (Å²) < 4.78 is 12.3. The fourth-order valence-electron chi connectivity index (χ4n) is 2.56. The van der Waals surface area contributed by atoms with E-state index in [2.05, 4.69) is 4.98 Å². The van der Waals surface area contributed by atoms with Crippen molar-refractivity contribution in [1.82, 2.24) is 9.55 Å². The standard InChI is InChI=1S/C20H17ClN2O4S/c1-26-16-6-2-3-7-17(16)27-12-4-5-15-18(24)22-20(28)23(19(15)25)14-10-8-13(21)9-11-14/h2-11,25H,12H2,1H3,(H,22,24,28). The van der Waals surface area contributed by atoms with Gasteiger partial charge < -0.3 is 14.6 Å². The number of rotatable bonds is 6. The van der Waals surface area contributed by atoms with Gasteiger partial charge in [0.25, 0.3) is 5.56 Å². The summed E-state index contributed by atoms with van der Waals surface area (Å²) in [6.45, 7) is 0.176. The van der Waals surface area contributed by atoms with Gasteiger partial charge in [-0.1, -0.05) is 23.7 Å². The van der Waals surface area contributed by atoms with E-state index < -0.39 is 5.56 Å². The molecule has 2 aromatic carbocycles. The molecule has 0 atom stereocenters. The third-order valence-corrected chi connectivity index (χ3v) is 4.43. The lowest BCUT2D eigenvalue weighted by molar-refractivity contribution is 0.326. The number of ether oxygens (including phenoxy) is 2. The second-order valence-corrected chi connectivity index (χ2v) is 6.50. The number of H-pyrrole nitrogens is 1. The summed E-state index contributed by atoms with van der Waals surface area (Å²) in [6.07, 6.45) is 3.09. The highest BCUT2D eigenvalue weighted by Crippen LogP contribution is 2.26.